The van der Waals surface area contributed by atoms with Gasteiger partial charge in [0.05, 0.1) is 22.6 Å². The van der Waals surface area contributed by atoms with E-state index in [0.717, 1.165) is 27.6 Å². The second-order valence-corrected chi connectivity index (χ2v) is 10.4. The van der Waals surface area contributed by atoms with Crippen LogP contribution in [0.15, 0.2) is 89.7 Å². The predicted octanol–water partition coefficient (Wildman–Crippen LogP) is 5.92. The number of aryl methyl sites for hydroxylation is 2. The van der Waals surface area contributed by atoms with Crippen molar-refractivity contribution in [1.82, 2.24) is 19.4 Å². The zero-order valence-corrected chi connectivity index (χ0v) is 23.2. The van der Waals surface area contributed by atoms with Gasteiger partial charge in [-0.2, -0.15) is 0 Å². The van der Waals surface area contributed by atoms with Crippen LogP contribution in [0.1, 0.15) is 40.3 Å². The first-order chi connectivity index (χ1) is 18.8. The fourth-order valence-corrected chi connectivity index (χ4v) is 5.20. The number of fused-ring (bicyclic) bond motifs is 2. The maximum atomic E-state index is 14.3. The Kier molecular flexibility index (Phi) is 7.31. The van der Waals surface area contributed by atoms with Gasteiger partial charge in [0.15, 0.2) is 0 Å². The van der Waals surface area contributed by atoms with Crippen molar-refractivity contribution in [1.29, 1.82) is 0 Å². The van der Waals surface area contributed by atoms with Crippen molar-refractivity contribution < 1.29 is 4.79 Å². The maximum absolute atomic E-state index is 14.3. The molecule has 0 N–H and O–H groups in total. The summed E-state index contributed by atoms with van der Waals surface area (Å²) in [6.07, 6.45) is 0. The summed E-state index contributed by atoms with van der Waals surface area (Å²) in [5.74, 6) is 0.453. The Balaban J connectivity index is 1.72. The molecule has 1 atom stereocenters. The fraction of sp³-hybridized carbons (Fsp3) is 0.242. The van der Waals surface area contributed by atoms with E-state index >= 15 is 0 Å². The molecule has 5 aromatic rings. The Morgan fingerprint density at radius 3 is 2.31 bits per heavy atom. The lowest BCUT2D eigenvalue weighted by molar-refractivity contribution is 0.0669. The van der Waals surface area contributed by atoms with Crippen molar-refractivity contribution in [3.63, 3.8) is 0 Å². The predicted molar refractivity (Wildman–Crippen MR) is 159 cm³/mol. The minimum absolute atomic E-state index is 0.0873. The van der Waals surface area contributed by atoms with Gasteiger partial charge in [-0.3, -0.25) is 14.2 Å². The fourth-order valence-electron chi connectivity index (χ4n) is 5.20. The molecule has 6 heteroatoms. The van der Waals surface area contributed by atoms with E-state index in [-0.39, 0.29) is 11.5 Å². The molecule has 39 heavy (non-hydrogen) atoms. The number of carbonyl (C=O) groups excluding carboxylic acids is 1. The minimum atomic E-state index is -0.477. The molecule has 0 radical (unpaired) electrons. The van der Waals surface area contributed by atoms with Gasteiger partial charge in [-0.25, -0.2) is 4.98 Å². The smallest absolute Gasteiger partial charge is 0.266 e. The quantitative estimate of drug-likeness (QED) is 0.268. The molecule has 4 aromatic carbocycles. The van der Waals surface area contributed by atoms with E-state index in [9.17, 15) is 9.59 Å². The topological polar surface area (TPSA) is 58.4 Å². The molecular formula is C33H34N4O2. The molecular weight excluding hydrogens is 484 g/mol. The highest BCUT2D eigenvalue weighted by Gasteiger charge is 2.29. The van der Waals surface area contributed by atoms with Crippen LogP contribution in [0.5, 0.6) is 0 Å². The molecule has 0 saturated carbocycles. The van der Waals surface area contributed by atoms with E-state index in [4.69, 9.17) is 4.98 Å². The third kappa shape index (κ3) is 5.08. The highest BCUT2D eigenvalue weighted by molar-refractivity contribution is 6.07. The van der Waals surface area contributed by atoms with Crippen molar-refractivity contribution in [2.75, 3.05) is 27.2 Å². The maximum Gasteiger partial charge on any atom is 0.266 e. The average Bonchev–Trinajstić information content (AvgIpc) is 2.93. The lowest BCUT2D eigenvalue weighted by Gasteiger charge is -2.32. The molecule has 0 fully saturated rings. The average molecular weight is 519 g/mol. The van der Waals surface area contributed by atoms with Gasteiger partial charge in [-0.1, -0.05) is 66.2 Å². The lowest BCUT2D eigenvalue weighted by atomic mass is 10.0. The summed E-state index contributed by atoms with van der Waals surface area (Å²) in [5, 5.41) is 2.47. The SMILES string of the molecule is Cc1ccc(-n2c(C(C)N(CCN(C)C)C(=O)c3cccc4ccccc34)nc3ccccc3c2=O)c(C)c1. The number of carbonyl (C=O) groups is 1. The van der Waals surface area contributed by atoms with Crippen molar-refractivity contribution >= 4 is 27.6 Å². The van der Waals surface area contributed by atoms with E-state index in [2.05, 4.69) is 11.0 Å². The van der Waals surface area contributed by atoms with Crippen LogP contribution in [-0.4, -0.2) is 52.4 Å². The highest BCUT2D eigenvalue weighted by Crippen LogP contribution is 2.28. The summed E-state index contributed by atoms with van der Waals surface area (Å²) in [6.45, 7) is 7.15. The molecule has 0 saturated heterocycles. The summed E-state index contributed by atoms with van der Waals surface area (Å²) in [6, 6.07) is 26.7. The standard InChI is InChI=1S/C33H34N4O2/c1-22-17-18-30(23(2)21-22)37-31(34-29-16-9-8-14-28(29)33(37)39)24(3)36(20-19-35(4)5)32(38)27-15-10-12-25-11-6-7-13-26(25)27/h6-18,21,24H,19-20H2,1-5H3. The Hall–Kier alpha value is -4.29. The highest BCUT2D eigenvalue weighted by atomic mass is 16.2. The number of hydrogen-bond donors (Lipinski definition) is 0. The van der Waals surface area contributed by atoms with E-state index in [1.807, 2.05) is 119 Å². The largest absolute Gasteiger partial charge is 0.327 e. The molecule has 6 nitrogen and oxygen atoms in total. The lowest BCUT2D eigenvalue weighted by Crippen LogP contribution is -2.41. The monoisotopic (exact) mass is 518 g/mol. The first-order valence-electron chi connectivity index (χ1n) is 13.3. The number of benzene rings is 4. The number of amides is 1. The Morgan fingerprint density at radius 1 is 0.872 bits per heavy atom. The van der Waals surface area contributed by atoms with Gasteiger partial charge in [0.1, 0.15) is 5.82 Å². The molecule has 0 bridgehead atoms. The summed E-state index contributed by atoms with van der Waals surface area (Å²) in [4.78, 5) is 37.2. The molecule has 5 rings (SSSR count). The van der Waals surface area contributed by atoms with Crippen LogP contribution in [0.2, 0.25) is 0 Å². The summed E-state index contributed by atoms with van der Waals surface area (Å²) in [5.41, 5.74) is 3.99. The van der Waals surface area contributed by atoms with Gasteiger partial charge < -0.3 is 9.80 Å². The number of likely N-dealkylation sites (N-methyl/N-ethyl adjacent to an activating group) is 1. The van der Waals surface area contributed by atoms with Crippen LogP contribution in [0.25, 0.3) is 27.4 Å². The second kappa shape index (κ2) is 10.8. The van der Waals surface area contributed by atoms with E-state index < -0.39 is 6.04 Å². The summed E-state index contributed by atoms with van der Waals surface area (Å²) in [7, 11) is 3.98. The van der Waals surface area contributed by atoms with Crippen molar-refractivity contribution in [2.24, 2.45) is 0 Å². The van der Waals surface area contributed by atoms with Crippen LogP contribution >= 0.6 is 0 Å². The Morgan fingerprint density at radius 2 is 1.56 bits per heavy atom. The molecule has 0 aliphatic carbocycles. The first kappa shape index (κ1) is 26.3. The van der Waals surface area contributed by atoms with Gasteiger partial charge in [0.2, 0.25) is 0 Å². The molecule has 1 amide bonds. The van der Waals surface area contributed by atoms with Gasteiger partial charge in [0, 0.05) is 18.7 Å². The van der Waals surface area contributed by atoms with Crippen LogP contribution in [0, 0.1) is 13.8 Å². The molecule has 1 heterocycles. The van der Waals surface area contributed by atoms with E-state index in [0.29, 0.717) is 35.4 Å². The Labute approximate surface area is 229 Å². The van der Waals surface area contributed by atoms with Crippen LogP contribution in [0.4, 0.5) is 0 Å². The minimum Gasteiger partial charge on any atom is -0.327 e. The normalized spacial score (nSPS) is 12.3. The van der Waals surface area contributed by atoms with Crippen molar-refractivity contribution in [2.45, 2.75) is 26.8 Å². The summed E-state index contributed by atoms with van der Waals surface area (Å²) >= 11 is 0. The number of hydrogen-bond acceptors (Lipinski definition) is 4. The van der Waals surface area contributed by atoms with Gasteiger partial charge >= 0.3 is 0 Å². The number of rotatable bonds is 7. The second-order valence-electron chi connectivity index (χ2n) is 10.4. The van der Waals surface area contributed by atoms with Gasteiger partial charge in [0.25, 0.3) is 11.5 Å². The molecule has 0 aliphatic heterocycles. The van der Waals surface area contributed by atoms with E-state index in [1.165, 1.54) is 0 Å². The first-order valence-corrected chi connectivity index (χ1v) is 13.3. The number of para-hydroxylation sites is 1. The molecule has 1 aromatic heterocycles. The third-order valence-corrected chi connectivity index (χ3v) is 7.31. The molecule has 198 valence electrons. The zero-order chi connectivity index (χ0) is 27.7. The number of aromatic nitrogens is 2. The Bertz CT molecular complexity index is 1730. The van der Waals surface area contributed by atoms with Gasteiger partial charge in [-0.15, -0.1) is 0 Å². The molecule has 0 spiro atoms. The van der Waals surface area contributed by atoms with Crippen LogP contribution < -0.4 is 5.56 Å². The zero-order valence-electron chi connectivity index (χ0n) is 23.2. The number of nitrogens with zero attached hydrogens (tertiary/aromatic N) is 4. The summed E-state index contributed by atoms with van der Waals surface area (Å²) < 4.78 is 1.70. The van der Waals surface area contributed by atoms with Crippen LogP contribution in [-0.2, 0) is 0 Å². The molecule has 0 aliphatic rings. The van der Waals surface area contributed by atoms with E-state index in [1.54, 1.807) is 4.57 Å². The van der Waals surface area contributed by atoms with Gasteiger partial charge in [-0.05, 0) is 75.5 Å². The van der Waals surface area contributed by atoms with Crippen molar-refractivity contribution in [3.05, 3.63) is 118 Å². The third-order valence-electron chi connectivity index (χ3n) is 7.31. The van der Waals surface area contributed by atoms with Crippen molar-refractivity contribution in [3.8, 4) is 5.69 Å². The van der Waals surface area contributed by atoms with Crippen LogP contribution in [0.3, 0.4) is 0 Å². The molecule has 1 unspecified atom stereocenters.